The molecule has 30 heavy (non-hydrogen) atoms. The molecule has 4 rings (SSSR count). The fourth-order valence-electron chi connectivity index (χ4n) is 4.22. The van der Waals surface area contributed by atoms with Gasteiger partial charge in [0.2, 0.25) is 0 Å². The molecule has 1 saturated carbocycles. The molecular weight excluding hydrogens is 382 g/mol. The SMILES string of the molecule is Cc1c(-c2ccccc2)oc2c(C(=O)NCC3(C(=O)O)CCCC3)cccc2c1=O. The predicted octanol–water partition coefficient (Wildman–Crippen LogP) is 4.14. The quantitative estimate of drug-likeness (QED) is 0.665. The molecule has 2 N–H and O–H groups in total. The molecule has 1 fully saturated rings. The summed E-state index contributed by atoms with van der Waals surface area (Å²) >= 11 is 0. The Morgan fingerprint density at radius 3 is 2.43 bits per heavy atom. The van der Waals surface area contributed by atoms with Crippen LogP contribution in [-0.2, 0) is 4.79 Å². The third kappa shape index (κ3) is 3.38. The number of aliphatic carboxylic acids is 1. The van der Waals surface area contributed by atoms with Crippen LogP contribution in [0.15, 0.2) is 57.7 Å². The number of para-hydroxylation sites is 1. The zero-order valence-corrected chi connectivity index (χ0v) is 16.7. The van der Waals surface area contributed by atoms with Crippen molar-refractivity contribution < 1.29 is 19.1 Å². The summed E-state index contributed by atoms with van der Waals surface area (Å²) in [5, 5.41) is 12.7. The molecule has 154 valence electrons. The van der Waals surface area contributed by atoms with Gasteiger partial charge in [0.15, 0.2) is 11.0 Å². The summed E-state index contributed by atoms with van der Waals surface area (Å²) in [7, 11) is 0. The van der Waals surface area contributed by atoms with E-state index in [4.69, 9.17) is 4.42 Å². The van der Waals surface area contributed by atoms with Gasteiger partial charge in [-0.3, -0.25) is 14.4 Å². The average Bonchev–Trinajstić information content (AvgIpc) is 3.25. The number of amides is 1. The highest BCUT2D eigenvalue weighted by atomic mass is 16.4. The maximum atomic E-state index is 13.0. The molecule has 0 spiro atoms. The summed E-state index contributed by atoms with van der Waals surface area (Å²) in [6.45, 7) is 1.76. The molecule has 6 heteroatoms. The molecule has 2 aromatic carbocycles. The average molecular weight is 405 g/mol. The van der Waals surface area contributed by atoms with Crippen molar-refractivity contribution in [3.05, 3.63) is 69.9 Å². The van der Waals surface area contributed by atoms with Crippen LogP contribution in [0.1, 0.15) is 41.6 Å². The number of hydrogen-bond acceptors (Lipinski definition) is 4. The lowest BCUT2D eigenvalue weighted by Crippen LogP contribution is -2.41. The van der Waals surface area contributed by atoms with Crippen molar-refractivity contribution in [3.63, 3.8) is 0 Å². The number of benzene rings is 2. The van der Waals surface area contributed by atoms with Gasteiger partial charge < -0.3 is 14.8 Å². The fourth-order valence-corrected chi connectivity index (χ4v) is 4.22. The van der Waals surface area contributed by atoms with Gasteiger partial charge in [-0.05, 0) is 31.9 Å². The minimum absolute atomic E-state index is 0.0548. The Labute approximate surface area is 173 Å². The molecule has 1 aliphatic carbocycles. The van der Waals surface area contributed by atoms with Crippen molar-refractivity contribution in [2.45, 2.75) is 32.6 Å². The highest BCUT2D eigenvalue weighted by Crippen LogP contribution is 2.38. The molecule has 1 aromatic heterocycles. The Kier molecular flexibility index (Phi) is 5.16. The fraction of sp³-hybridized carbons (Fsp3) is 0.292. The van der Waals surface area contributed by atoms with E-state index in [0.717, 1.165) is 18.4 Å². The van der Waals surface area contributed by atoms with E-state index in [1.165, 1.54) is 0 Å². The first kappa shape index (κ1) is 19.9. The number of carbonyl (C=O) groups is 2. The summed E-state index contributed by atoms with van der Waals surface area (Å²) in [5.74, 6) is -0.906. The summed E-state index contributed by atoms with van der Waals surface area (Å²) in [5.41, 5.74) is 0.539. The van der Waals surface area contributed by atoms with E-state index in [1.807, 2.05) is 30.3 Å². The van der Waals surface area contributed by atoms with E-state index in [9.17, 15) is 19.5 Å². The Morgan fingerprint density at radius 1 is 1.07 bits per heavy atom. The molecule has 0 saturated heterocycles. The number of carboxylic acid groups (broad SMARTS) is 1. The second-order valence-corrected chi connectivity index (χ2v) is 7.91. The molecule has 3 aromatic rings. The standard InChI is InChI=1S/C24H23NO5/c1-15-19(26)17-10-7-11-18(21(17)30-20(15)16-8-3-2-4-9-16)22(27)25-14-24(23(28)29)12-5-6-13-24/h2-4,7-11H,5-6,12-14H2,1H3,(H,25,27)(H,28,29). The van der Waals surface area contributed by atoms with E-state index < -0.39 is 17.3 Å². The summed E-state index contributed by atoms with van der Waals surface area (Å²) in [6, 6.07) is 14.1. The van der Waals surface area contributed by atoms with Crippen molar-refractivity contribution in [1.82, 2.24) is 5.32 Å². The largest absolute Gasteiger partial charge is 0.481 e. The van der Waals surface area contributed by atoms with Crippen LogP contribution in [-0.4, -0.2) is 23.5 Å². The van der Waals surface area contributed by atoms with Crippen molar-refractivity contribution >= 4 is 22.8 Å². The van der Waals surface area contributed by atoms with Crippen LogP contribution in [0.4, 0.5) is 0 Å². The molecule has 0 radical (unpaired) electrons. The van der Waals surface area contributed by atoms with Crippen LogP contribution in [0, 0.1) is 12.3 Å². The molecule has 0 bridgehead atoms. The van der Waals surface area contributed by atoms with Crippen LogP contribution < -0.4 is 10.7 Å². The number of hydrogen-bond donors (Lipinski definition) is 2. The van der Waals surface area contributed by atoms with Gasteiger partial charge in [-0.1, -0.05) is 49.2 Å². The molecule has 6 nitrogen and oxygen atoms in total. The zero-order valence-electron chi connectivity index (χ0n) is 16.7. The third-order valence-electron chi connectivity index (χ3n) is 6.03. The van der Waals surface area contributed by atoms with Crippen LogP contribution in [0.25, 0.3) is 22.3 Å². The second kappa shape index (κ2) is 7.78. The van der Waals surface area contributed by atoms with Gasteiger partial charge in [0.1, 0.15) is 5.76 Å². The first-order valence-corrected chi connectivity index (χ1v) is 10.1. The normalized spacial score (nSPS) is 15.2. The van der Waals surface area contributed by atoms with Gasteiger partial charge in [-0.25, -0.2) is 0 Å². The molecule has 1 heterocycles. The number of carboxylic acids is 1. The van der Waals surface area contributed by atoms with Crippen LogP contribution in [0.5, 0.6) is 0 Å². The van der Waals surface area contributed by atoms with Gasteiger partial charge in [-0.15, -0.1) is 0 Å². The van der Waals surface area contributed by atoms with Crippen molar-refractivity contribution in [1.29, 1.82) is 0 Å². The lowest BCUT2D eigenvalue weighted by molar-refractivity contribution is -0.148. The van der Waals surface area contributed by atoms with E-state index in [-0.39, 0.29) is 23.1 Å². The predicted molar refractivity (Wildman–Crippen MR) is 114 cm³/mol. The highest BCUT2D eigenvalue weighted by Gasteiger charge is 2.41. The molecule has 1 aliphatic rings. The summed E-state index contributed by atoms with van der Waals surface area (Å²) < 4.78 is 6.08. The minimum atomic E-state index is -0.924. The molecule has 0 atom stereocenters. The lowest BCUT2D eigenvalue weighted by atomic mass is 9.86. The van der Waals surface area contributed by atoms with Crippen LogP contribution in [0.2, 0.25) is 0 Å². The van der Waals surface area contributed by atoms with Gasteiger partial charge in [0.05, 0.1) is 16.4 Å². The lowest BCUT2D eigenvalue weighted by Gasteiger charge is -2.24. The van der Waals surface area contributed by atoms with E-state index in [2.05, 4.69) is 5.32 Å². The van der Waals surface area contributed by atoms with E-state index >= 15 is 0 Å². The summed E-state index contributed by atoms with van der Waals surface area (Å²) in [4.78, 5) is 37.7. The van der Waals surface area contributed by atoms with E-state index in [0.29, 0.717) is 29.6 Å². The topological polar surface area (TPSA) is 96.6 Å². The number of carbonyl (C=O) groups excluding carboxylic acids is 1. The Balaban J connectivity index is 1.74. The monoisotopic (exact) mass is 405 g/mol. The first-order valence-electron chi connectivity index (χ1n) is 10.1. The third-order valence-corrected chi connectivity index (χ3v) is 6.03. The number of fused-ring (bicyclic) bond motifs is 1. The Hall–Kier alpha value is -3.41. The minimum Gasteiger partial charge on any atom is -0.481 e. The van der Waals surface area contributed by atoms with Gasteiger partial charge in [0, 0.05) is 17.7 Å². The number of rotatable bonds is 5. The van der Waals surface area contributed by atoms with Crippen LogP contribution in [0.3, 0.4) is 0 Å². The van der Waals surface area contributed by atoms with Crippen LogP contribution >= 0.6 is 0 Å². The molecule has 0 aliphatic heterocycles. The van der Waals surface area contributed by atoms with Gasteiger partial charge >= 0.3 is 5.97 Å². The molecule has 0 unspecified atom stereocenters. The Bertz CT molecular complexity index is 1170. The number of nitrogens with one attached hydrogen (secondary N) is 1. The highest BCUT2D eigenvalue weighted by molar-refractivity contribution is 6.05. The van der Waals surface area contributed by atoms with Gasteiger partial charge in [-0.2, -0.15) is 0 Å². The smallest absolute Gasteiger partial charge is 0.311 e. The summed E-state index contributed by atoms with van der Waals surface area (Å²) in [6.07, 6.45) is 2.77. The maximum Gasteiger partial charge on any atom is 0.311 e. The Morgan fingerprint density at radius 2 is 1.77 bits per heavy atom. The molecule has 1 amide bonds. The van der Waals surface area contributed by atoms with Gasteiger partial charge in [0.25, 0.3) is 5.91 Å². The zero-order chi connectivity index (χ0) is 21.3. The first-order chi connectivity index (χ1) is 14.4. The molecular formula is C24H23NO5. The van der Waals surface area contributed by atoms with Crippen molar-refractivity contribution in [2.24, 2.45) is 5.41 Å². The maximum absolute atomic E-state index is 13.0. The van der Waals surface area contributed by atoms with E-state index in [1.54, 1.807) is 25.1 Å². The second-order valence-electron chi connectivity index (χ2n) is 7.91. The van der Waals surface area contributed by atoms with Crippen molar-refractivity contribution in [3.8, 4) is 11.3 Å². The van der Waals surface area contributed by atoms with Crippen molar-refractivity contribution in [2.75, 3.05) is 6.54 Å².